The van der Waals surface area contributed by atoms with Crippen LogP contribution in [-0.2, 0) is 0 Å². The first kappa shape index (κ1) is 13.4. The SMILES string of the molecule is Cc1ccc(-n2cc(-c3ccccc3)nc2N)c(C)c1C. The predicted octanol–water partition coefficient (Wildman–Crippen LogP) is 4.05. The number of aryl methyl sites for hydroxylation is 1. The monoisotopic (exact) mass is 277 g/mol. The van der Waals surface area contributed by atoms with Crippen molar-refractivity contribution in [1.82, 2.24) is 9.55 Å². The fourth-order valence-corrected chi connectivity index (χ4v) is 2.54. The van der Waals surface area contributed by atoms with E-state index in [0.29, 0.717) is 5.95 Å². The quantitative estimate of drug-likeness (QED) is 0.768. The van der Waals surface area contributed by atoms with E-state index in [9.17, 15) is 0 Å². The standard InChI is InChI=1S/C18H19N3/c1-12-9-10-17(14(3)13(12)2)21-11-16(20-18(21)19)15-7-5-4-6-8-15/h4-11H,1-3H3,(H2,19,20). The van der Waals surface area contributed by atoms with Gasteiger partial charge in [-0.1, -0.05) is 36.4 Å². The van der Waals surface area contributed by atoms with Crippen molar-refractivity contribution in [3.05, 3.63) is 65.4 Å². The van der Waals surface area contributed by atoms with E-state index >= 15 is 0 Å². The van der Waals surface area contributed by atoms with Gasteiger partial charge in [-0.25, -0.2) is 4.98 Å². The maximum Gasteiger partial charge on any atom is 0.205 e. The van der Waals surface area contributed by atoms with Crippen LogP contribution in [0.2, 0.25) is 0 Å². The molecule has 0 unspecified atom stereocenters. The molecular weight excluding hydrogens is 258 g/mol. The van der Waals surface area contributed by atoms with Crippen molar-refractivity contribution in [2.24, 2.45) is 0 Å². The Balaban J connectivity index is 2.13. The highest BCUT2D eigenvalue weighted by Gasteiger charge is 2.11. The van der Waals surface area contributed by atoms with Crippen molar-refractivity contribution in [2.75, 3.05) is 5.73 Å². The third-order valence-corrected chi connectivity index (χ3v) is 4.09. The average molecular weight is 277 g/mol. The fourth-order valence-electron chi connectivity index (χ4n) is 2.54. The highest BCUT2D eigenvalue weighted by Crippen LogP contribution is 2.26. The second-order valence-corrected chi connectivity index (χ2v) is 5.37. The van der Waals surface area contributed by atoms with Gasteiger partial charge in [0, 0.05) is 11.8 Å². The van der Waals surface area contributed by atoms with E-state index < -0.39 is 0 Å². The Morgan fingerprint density at radius 1 is 0.905 bits per heavy atom. The first-order valence-corrected chi connectivity index (χ1v) is 7.05. The number of rotatable bonds is 2. The van der Waals surface area contributed by atoms with Crippen molar-refractivity contribution in [2.45, 2.75) is 20.8 Å². The first-order valence-electron chi connectivity index (χ1n) is 7.05. The lowest BCUT2D eigenvalue weighted by atomic mass is 10.0. The highest BCUT2D eigenvalue weighted by atomic mass is 15.1. The summed E-state index contributed by atoms with van der Waals surface area (Å²) >= 11 is 0. The Labute approximate surface area is 125 Å². The number of nitrogen functional groups attached to an aromatic ring is 1. The van der Waals surface area contributed by atoms with Gasteiger partial charge in [0.05, 0.1) is 11.4 Å². The maximum atomic E-state index is 6.12. The zero-order chi connectivity index (χ0) is 15.0. The summed E-state index contributed by atoms with van der Waals surface area (Å²) in [6, 6.07) is 14.3. The molecule has 1 aromatic heterocycles. The second kappa shape index (κ2) is 5.09. The van der Waals surface area contributed by atoms with E-state index in [1.807, 2.05) is 41.1 Å². The molecule has 0 atom stereocenters. The van der Waals surface area contributed by atoms with Crippen molar-refractivity contribution < 1.29 is 0 Å². The van der Waals surface area contributed by atoms with E-state index in [1.165, 1.54) is 16.7 Å². The number of nitrogens with zero attached hydrogens (tertiary/aromatic N) is 2. The van der Waals surface area contributed by atoms with Crippen molar-refractivity contribution in [3.63, 3.8) is 0 Å². The van der Waals surface area contributed by atoms with Gasteiger partial charge in [-0.05, 0) is 43.5 Å². The lowest BCUT2D eigenvalue weighted by Gasteiger charge is -2.12. The third kappa shape index (κ3) is 2.31. The zero-order valence-corrected chi connectivity index (χ0v) is 12.6. The van der Waals surface area contributed by atoms with Crippen LogP contribution in [0.3, 0.4) is 0 Å². The molecule has 3 rings (SSSR count). The molecule has 3 aromatic rings. The van der Waals surface area contributed by atoms with E-state index in [-0.39, 0.29) is 0 Å². The number of aromatic nitrogens is 2. The summed E-state index contributed by atoms with van der Waals surface area (Å²) in [5.41, 5.74) is 13.0. The Bertz CT molecular complexity index is 786. The normalized spacial score (nSPS) is 10.8. The summed E-state index contributed by atoms with van der Waals surface area (Å²) < 4.78 is 1.96. The average Bonchev–Trinajstić information content (AvgIpc) is 2.88. The van der Waals surface area contributed by atoms with Crippen molar-refractivity contribution in [3.8, 4) is 16.9 Å². The van der Waals surface area contributed by atoms with Crippen LogP contribution < -0.4 is 5.73 Å². The molecule has 21 heavy (non-hydrogen) atoms. The summed E-state index contributed by atoms with van der Waals surface area (Å²) in [5, 5.41) is 0. The number of anilines is 1. The molecule has 0 saturated heterocycles. The molecule has 0 spiro atoms. The van der Waals surface area contributed by atoms with Crippen molar-refractivity contribution in [1.29, 1.82) is 0 Å². The summed E-state index contributed by atoms with van der Waals surface area (Å²) in [5.74, 6) is 0.514. The lowest BCUT2D eigenvalue weighted by Crippen LogP contribution is -2.03. The molecule has 0 aliphatic rings. The maximum absolute atomic E-state index is 6.12. The fraction of sp³-hybridized carbons (Fsp3) is 0.167. The molecule has 0 radical (unpaired) electrons. The van der Waals surface area contributed by atoms with Gasteiger partial charge in [0.15, 0.2) is 0 Å². The Morgan fingerprint density at radius 3 is 2.33 bits per heavy atom. The Morgan fingerprint density at radius 2 is 1.62 bits per heavy atom. The molecule has 0 bridgehead atoms. The molecule has 106 valence electrons. The molecule has 0 fully saturated rings. The molecular formula is C18H19N3. The first-order chi connectivity index (χ1) is 10.1. The lowest BCUT2D eigenvalue weighted by molar-refractivity contribution is 1.04. The van der Waals surface area contributed by atoms with Gasteiger partial charge < -0.3 is 5.73 Å². The summed E-state index contributed by atoms with van der Waals surface area (Å²) in [4.78, 5) is 4.49. The molecule has 3 nitrogen and oxygen atoms in total. The van der Waals surface area contributed by atoms with E-state index in [2.05, 4.69) is 37.9 Å². The molecule has 3 heteroatoms. The molecule has 0 saturated carbocycles. The van der Waals surface area contributed by atoms with Gasteiger partial charge in [0.2, 0.25) is 5.95 Å². The molecule has 2 aromatic carbocycles. The van der Waals surface area contributed by atoms with Crippen LogP contribution in [0.25, 0.3) is 16.9 Å². The van der Waals surface area contributed by atoms with Gasteiger partial charge in [-0.2, -0.15) is 0 Å². The number of nitrogens with two attached hydrogens (primary N) is 1. The third-order valence-electron chi connectivity index (χ3n) is 4.09. The summed E-state index contributed by atoms with van der Waals surface area (Å²) in [6.45, 7) is 6.39. The molecule has 1 heterocycles. The minimum atomic E-state index is 0.514. The van der Waals surface area contributed by atoms with Crippen LogP contribution in [0.1, 0.15) is 16.7 Å². The van der Waals surface area contributed by atoms with Gasteiger partial charge in [0.1, 0.15) is 0 Å². The van der Waals surface area contributed by atoms with Crippen LogP contribution in [-0.4, -0.2) is 9.55 Å². The van der Waals surface area contributed by atoms with Crippen molar-refractivity contribution >= 4 is 5.95 Å². The number of benzene rings is 2. The number of hydrogen-bond acceptors (Lipinski definition) is 2. The molecule has 0 aliphatic carbocycles. The van der Waals surface area contributed by atoms with E-state index in [4.69, 9.17) is 5.73 Å². The minimum Gasteiger partial charge on any atom is -0.369 e. The second-order valence-electron chi connectivity index (χ2n) is 5.37. The largest absolute Gasteiger partial charge is 0.369 e. The van der Waals surface area contributed by atoms with Crippen LogP contribution >= 0.6 is 0 Å². The molecule has 2 N–H and O–H groups in total. The van der Waals surface area contributed by atoms with Crippen LogP contribution in [0, 0.1) is 20.8 Å². The van der Waals surface area contributed by atoms with Gasteiger partial charge >= 0.3 is 0 Å². The van der Waals surface area contributed by atoms with Gasteiger partial charge in [-0.3, -0.25) is 4.57 Å². The zero-order valence-electron chi connectivity index (χ0n) is 12.6. The van der Waals surface area contributed by atoms with E-state index in [1.54, 1.807) is 0 Å². The molecule has 0 amide bonds. The minimum absolute atomic E-state index is 0.514. The Kier molecular flexibility index (Phi) is 3.26. The predicted molar refractivity (Wildman–Crippen MR) is 87.6 cm³/mol. The van der Waals surface area contributed by atoms with Gasteiger partial charge in [-0.15, -0.1) is 0 Å². The highest BCUT2D eigenvalue weighted by molar-refractivity contribution is 5.62. The van der Waals surface area contributed by atoms with Crippen LogP contribution in [0.4, 0.5) is 5.95 Å². The van der Waals surface area contributed by atoms with E-state index in [0.717, 1.165) is 16.9 Å². The smallest absolute Gasteiger partial charge is 0.205 e. The van der Waals surface area contributed by atoms with Crippen LogP contribution in [0.15, 0.2) is 48.7 Å². The number of hydrogen-bond donors (Lipinski definition) is 1. The molecule has 0 aliphatic heterocycles. The summed E-state index contributed by atoms with van der Waals surface area (Å²) in [7, 11) is 0. The number of imidazole rings is 1. The topological polar surface area (TPSA) is 43.8 Å². The summed E-state index contributed by atoms with van der Waals surface area (Å²) in [6.07, 6.45) is 2.00. The van der Waals surface area contributed by atoms with Gasteiger partial charge in [0.25, 0.3) is 0 Å². The van der Waals surface area contributed by atoms with Crippen LogP contribution in [0.5, 0.6) is 0 Å². The Hall–Kier alpha value is -2.55.